The first-order chi connectivity index (χ1) is 15.4. The van der Waals surface area contributed by atoms with Gasteiger partial charge in [0, 0.05) is 37.7 Å². The van der Waals surface area contributed by atoms with Crippen LogP contribution < -0.4 is 0 Å². The number of carbonyl (C=O) groups is 1. The minimum atomic E-state index is -3.48. The second-order valence-electron chi connectivity index (χ2n) is 8.49. The fraction of sp³-hybridized carbons (Fsp3) is 0.391. The van der Waals surface area contributed by atoms with Crippen LogP contribution in [0, 0.1) is 5.82 Å². The van der Waals surface area contributed by atoms with Crippen LogP contribution in [-0.4, -0.2) is 59.7 Å². The summed E-state index contributed by atoms with van der Waals surface area (Å²) >= 11 is 0. The molecule has 2 aliphatic rings. The number of hydrogen-bond donors (Lipinski definition) is 1. The molecule has 0 saturated carbocycles. The summed E-state index contributed by atoms with van der Waals surface area (Å²) in [5.41, 5.74) is 1.91. The number of carbonyl (C=O) groups excluding carboxylic acids is 1. The largest absolute Gasteiger partial charge is 0.342 e. The maximum Gasteiger partial charge on any atom is 0.253 e. The van der Waals surface area contributed by atoms with Crippen molar-refractivity contribution in [1.82, 2.24) is 19.2 Å². The van der Waals surface area contributed by atoms with Crippen molar-refractivity contribution in [2.75, 3.05) is 26.2 Å². The molecule has 2 saturated heterocycles. The number of benzene rings is 2. The normalized spacial score (nSPS) is 18.5. The Morgan fingerprint density at radius 3 is 2.38 bits per heavy atom. The molecule has 2 fully saturated rings. The molecule has 168 valence electrons. The van der Waals surface area contributed by atoms with Gasteiger partial charge in [0.2, 0.25) is 10.0 Å². The van der Waals surface area contributed by atoms with Crippen LogP contribution in [-0.2, 0) is 10.0 Å². The zero-order chi connectivity index (χ0) is 22.3. The number of rotatable bonds is 4. The zero-order valence-electron chi connectivity index (χ0n) is 17.6. The van der Waals surface area contributed by atoms with E-state index in [1.807, 2.05) is 0 Å². The number of halogens is 1. The van der Waals surface area contributed by atoms with Gasteiger partial charge in [-0.2, -0.15) is 4.31 Å². The van der Waals surface area contributed by atoms with E-state index in [1.54, 1.807) is 23.1 Å². The molecular formula is C23H25FN4O3S. The van der Waals surface area contributed by atoms with E-state index < -0.39 is 10.0 Å². The van der Waals surface area contributed by atoms with Crippen LogP contribution in [0.15, 0.2) is 47.4 Å². The average molecular weight is 457 g/mol. The predicted molar refractivity (Wildman–Crippen MR) is 118 cm³/mol. The highest BCUT2D eigenvalue weighted by Crippen LogP contribution is 2.29. The number of H-pyrrole nitrogens is 1. The van der Waals surface area contributed by atoms with E-state index in [4.69, 9.17) is 0 Å². The monoisotopic (exact) mass is 456 g/mol. The van der Waals surface area contributed by atoms with E-state index >= 15 is 0 Å². The highest BCUT2D eigenvalue weighted by molar-refractivity contribution is 7.89. The van der Waals surface area contributed by atoms with Crippen molar-refractivity contribution in [1.29, 1.82) is 0 Å². The van der Waals surface area contributed by atoms with Gasteiger partial charge in [-0.15, -0.1) is 0 Å². The van der Waals surface area contributed by atoms with Crippen molar-refractivity contribution in [2.24, 2.45) is 0 Å². The number of sulfonamides is 1. The van der Waals surface area contributed by atoms with Crippen LogP contribution in [0.2, 0.25) is 0 Å². The average Bonchev–Trinajstić information content (AvgIpc) is 3.49. The van der Waals surface area contributed by atoms with E-state index in [-0.39, 0.29) is 22.5 Å². The Labute approximate surface area is 186 Å². The van der Waals surface area contributed by atoms with Gasteiger partial charge >= 0.3 is 0 Å². The van der Waals surface area contributed by atoms with Crippen LogP contribution in [0.1, 0.15) is 47.8 Å². The van der Waals surface area contributed by atoms with Gasteiger partial charge in [-0.05, 0) is 68.1 Å². The lowest BCUT2D eigenvalue weighted by Crippen LogP contribution is -2.38. The Morgan fingerprint density at radius 1 is 1.00 bits per heavy atom. The summed E-state index contributed by atoms with van der Waals surface area (Å²) in [4.78, 5) is 22.8. The fourth-order valence-corrected chi connectivity index (χ4v) is 6.10. The van der Waals surface area contributed by atoms with Gasteiger partial charge < -0.3 is 9.88 Å². The number of nitrogens with zero attached hydrogens (tertiary/aromatic N) is 3. The first-order valence-electron chi connectivity index (χ1n) is 11.0. The fourth-order valence-electron chi connectivity index (χ4n) is 4.58. The molecule has 2 aliphatic heterocycles. The Balaban J connectivity index is 1.24. The van der Waals surface area contributed by atoms with E-state index in [2.05, 4.69) is 9.97 Å². The molecule has 0 radical (unpaired) electrons. The lowest BCUT2D eigenvalue weighted by atomic mass is 9.95. The molecule has 3 heterocycles. The van der Waals surface area contributed by atoms with Gasteiger partial charge in [-0.25, -0.2) is 17.8 Å². The van der Waals surface area contributed by atoms with Crippen LogP contribution in [0.5, 0.6) is 0 Å². The Bertz CT molecular complexity index is 1240. The topological polar surface area (TPSA) is 86.4 Å². The third-order valence-corrected chi connectivity index (χ3v) is 8.35. The molecular weight excluding hydrogens is 431 g/mol. The molecule has 9 heteroatoms. The van der Waals surface area contributed by atoms with E-state index in [1.165, 1.54) is 28.6 Å². The summed E-state index contributed by atoms with van der Waals surface area (Å²) in [5, 5.41) is 0. The molecule has 1 N–H and O–H groups in total. The summed E-state index contributed by atoms with van der Waals surface area (Å²) in [6, 6.07) is 10.8. The maximum absolute atomic E-state index is 13.4. The molecule has 0 atom stereocenters. The summed E-state index contributed by atoms with van der Waals surface area (Å²) in [5.74, 6) is 0.615. The Morgan fingerprint density at radius 2 is 1.69 bits per heavy atom. The number of hydrogen-bond acceptors (Lipinski definition) is 4. The second kappa shape index (κ2) is 8.29. The molecule has 1 amide bonds. The number of amides is 1. The number of fused-ring (bicyclic) bond motifs is 1. The van der Waals surface area contributed by atoms with Crippen LogP contribution in [0.25, 0.3) is 11.0 Å². The number of aromatic amines is 1. The highest BCUT2D eigenvalue weighted by atomic mass is 32.2. The van der Waals surface area contributed by atoms with E-state index in [9.17, 15) is 17.6 Å². The third-order valence-electron chi connectivity index (χ3n) is 6.44. The van der Waals surface area contributed by atoms with Crippen LogP contribution in [0.3, 0.4) is 0 Å². The molecule has 0 unspecified atom stereocenters. The zero-order valence-corrected chi connectivity index (χ0v) is 18.4. The van der Waals surface area contributed by atoms with Crippen molar-refractivity contribution < 1.29 is 17.6 Å². The van der Waals surface area contributed by atoms with Gasteiger partial charge in [0.1, 0.15) is 11.6 Å². The van der Waals surface area contributed by atoms with Gasteiger partial charge in [-0.3, -0.25) is 4.79 Å². The number of nitrogens with one attached hydrogen (secondary N) is 1. The SMILES string of the molecule is O=C(c1ccc(S(=O)(=O)N2CCCC2)cc1)N1CCC(c2nc3ccc(F)cc3[nH]2)CC1. The van der Waals surface area contributed by atoms with E-state index in [0.29, 0.717) is 37.3 Å². The quantitative estimate of drug-likeness (QED) is 0.651. The summed E-state index contributed by atoms with van der Waals surface area (Å²) in [6.45, 7) is 2.28. The standard InChI is InChI=1S/C23H25FN4O3S/c24-18-5-8-20-21(15-18)26-22(25-20)16-9-13-27(14-10-16)23(29)17-3-6-19(7-4-17)32(30,31)28-11-1-2-12-28/h3-8,15-16H,1-2,9-14H2,(H,25,26). The Hall–Kier alpha value is -2.78. The van der Waals surface area contributed by atoms with Crippen molar-refractivity contribution in [2.45, 2.75) is 36.5 Å². The second-order valence-corrected chi connectivity index (χ2v) is 10.4. The number of likely N-dealkylation sites (tertiary alicyclic amines) is 1. The van der Waals surface area contributed by atoms with Gasteiger partial charge in [0.05, 0.1) is 15.9 Å². The molecule has 1 aromatic heterocycles. The van der Waals surface area contributed by atoms with Gasteiger partial charge in [-0.1, -0.05) is 0 Å². The van der Waals surface area contributed by atoms with Gasteiger partial charge in [0.15, 0.2) is 0 Å². The lowest BCUT2D eigenvalue weighted by molar-refractivity contribution is 0.0711. The number of piperidine rings is 1. The third kappa shape index (κ3) is 3.91. The lowest BCUT2D eigenvalue weighted by Gasteiger charge is -2.31. The minimum absolute atomic E-state index is 0.0970. The molecule has 7 nitrogen and oxygen atoms in total. The molecule has 0 aliphatic carbocycles. The minimum Gasteiger partial charge on any atom is -0.342 e. The molecule has 5 rings (SSSR count). The summed E-state index contributed by atoms with van der Waals surface area (Å²) in [6.07, 6.45) is 3.29. The molecule has 0 spiro atoms. The van der Waals surface area contributed by atoms with Crippen LogP contribution in [0.4, 0.5) is 4.39 Å². The first kappa shape index (κ1) is 21.1. The number of aromatic nitrogens is 2. The van der Waals surface area contributed by atoms with Crippen molar-refractivity contribution >= 4 is 27.0 Å². The predicted octanol–water partition coefficient (Wildman–Crippen LogP) is 3.51. The summed E-state index contributed by atoms with van der Waals surface area (Å²) in [7, 11) is -3.48. The maximum atomic E-state index is 13.4. The smallest absolute Gasteiger partial charge is 0.253 e. The number of imidazole rings is 1. The molecule has 32 heavy (non-hydrogen) atoms. The van der Waals surface area contributed by atoms with Crippen molar-refractivity contribution in [3.8, 4) is 0 Å². The van der Waals surface area contributed by atoms with Crippen molar-refractivity contribution in [3.05, 3.63) is 59.7 Å². The Kier molecular flexibility index (Phi) is 5.46. The van der Waals surface area contributed by atoms with E-state index in [0.717, 1.165) is 37.0 Å². The summed E-state index contributed by atoms with van der Waals surface area (Å²) < 4.78 is 40.3. The van der Waals surface area contributed by atoms with Crippen LogP contribution >= 0.6 is 0 Å². The van der Waals surface area contributed by atoms with Crippen molar-refractivity contribution in [3.63, 3.8) is 0 Å². The molecule has 3 aromatic rings. The molecule has 0 bridgehead atoms. The van der Waals surface area contributed by atoms with Gasteiger partial charge in [0.25, 0.3) is 5.91 Å². The highest BCUT2D eigenvalue weighted by Gasteiger charge is 2.29. The first-order valence-corrected chi connectivity index (χ1v) is 12.4. The molecule has 2 aromatic carbocycles.